The van der Waals surface area contributed by atoms with Gasteiger partial charge in [-0.25, -0.2) is 9.97 Å². The molecule has 6 nitrogen and oxygen atoms in total. The first-order chi connectivity index (χ1) is 9.24. The lowest BCUT2D eigenvalue weighted by Crippen LogP contribution is -2.35. The van der Waals surface area contributed by atoms with Crippen LogP contribution in [0.25, 0.3) is 0 Å². The van der Waals surface area contributed by atoms with Crippen molar-refractivity contribution in [1.29, 1.82) is 0 Å². The van der Waals surface area contributed by atoms with Gasteiger partial charge in [-0.15, -0.1) is 6.58 Å². The van der Waals surface area contributed by atoms with E-state index in [-0.39, 0.29) is 5.91 Å². The van der Waals surface area contributed by atoms with Gasteiger partial charge in [0.15, 0.2) is 0 Å². The van der Waals surface area contributed by atoms with Crippen LogP contribution in [0.4, 0.5) is 5.95 Å². The van der Waals surface area contributed by atoms with Crippen LogP contribution in [0, 0.1) is 0 Å². The lowest BCUT2D eigenvalue weighted by molar-refractivity contribution is -0.130. The van der Waals surface area contributed by atoms with Crippen molar-refractivity contribution in [3.05, 3.63) is 31.1 Å². The molecular formula is C13H20N4O2. The number of rotatable bonds is 9. The molecular weight excluding hydrogens is 244 g/mol. The Hall–Kier alpha value is -1.95. The zero-order chi connectivity index (χ0) is 13.9. The van der Waals surface area contributed by atoms with Crippen LogP contribution in [-0.4, -0.2) is 41.7 Å². The molecule has 1 heterocycles. The summed E-state index contributed by atoms with van der Waals surface area (Å²) < 4.78 is 5.21. The number of nitrogens with zero attached hydrogens (tertiary/aromatic N) is 2. The molecule has 1 amide bonds. The summed E-state index contributed by atoms with van der Waals surface area (Å²) >= 11 is 0. The topological polar surface area (TPSA) is 76.1 Å². The third-order valence-corrected chi connectivity index (χ3v) is 2.33. The smallest absolute Gasteiger partial charge is 0.248 e. The second kappa shape index (κ2) is 9.04. The SMILES string of the molecule is C=CCOC(C)C(=O)NCCCNc1ncccn1. The second-order valence-electron chi connectivity index (χ2n) is 3.91. The molecule has 0 saturated carbocycles. The fourth-order valence-corrected chi connectivity index (χ4v) is 1.32. The Labute approximate surface area is 113 Å². The van der Waals surface area contributed by atoms with Gasteiger partial charge in [-0.1, -0.05) is 6.08 Å². The molecule has 0 aliphatic rings. The van der Waals surface area contributed by atoms with Crippen molar-refractivity contribution in [2.45, 2.75) is 19.4 Å². The fourth-order valence-electron chi connectivity index (χ4n) is 1.32. The van der Waals surface area contributed by atoms with Crippen LogP contribution in [0.1, 0.15) is 13.3 Å². The van der Waals surface area contributed by atoms with E-state index in [9.17, 15) is 4.79 Å². The highest BCUT2D eigenvalue weighted by Gasteiger charge is 2.11. The number of nitrogens with one attached hydrogen (secondary N) is 2. The average Bonchev–Trinajstić information content (AvgIpc) is 2.45. The molecule has 0 bridgehead atoms. The maximum atomic E-state index is 11.6. The molecule has 19 heavy (non-hydrogen) atoms. The molecule has 0 spiro atoms. The number of ether oxygens (including phenoxy) is 1. The third-order valence-electron chi connectivity index (χ3n) is 2.33. The Morgan fingerprint density at radius 1 is 1.47 bits per heavy atom. The molecule has 0 fully saturated rings. The average molecular weight is 264 g/mol. The first-order valence-electron chi connectivity index (χ1n) is 6.25. The van der Waals surface area contributed by atoms with Gasteiger partial charge < -0.3 is 15.4 Å². The Kier molecular flexibility index (Phi) is 7.19. The Bertz CT molecular complexity index is 383. The number of aromatic nitrogens is 2. The van der Waals surface area contributed by atoms with E-state index >= 15 is 0 Å². The first-order valence-corrected chi connectivity index (χ1v) is 6.25. The maximum Gasteiger partial charge on any atom is 0.248 e. The van der Waals surface area contributed by atoms with Gasteiger partial charge in [0, 0.05) is 25.5 Å². The van der Waals surface area contributed by atoms with E-state index in [4.69, 9.17) is 4.74 Å². The van der Waals surface area contributed by atoms with Gasteiger partial charge in [0.05, 0.1) is 6.61 Å². The van der Waals surface area contributed by atoms with Crippen LogP contribution in [0.3, 0.4) is 0 Å². The second-order valence-corrected chi connectivity index (χ2v) is 3.91. The molecule has 1 atom stereocenters. The zero-order valence-electron chi connectivity index (χ0n) is 11.1. The number of anilines is 1. The Morgan fingerprint density at radius 3 is 2.89 bits per heavy atom. The Balaban J connectivity index is 2.07. The van der Waals surface area contributed by atoms with Crippen LogP contribution < -0.4 is 10.6 Å². The van der Waals surface area contributed by atoms with Gasteiger partial charge >= 0.3 is 0 Å². The summed E-state index contributed by atoms with van der Waals surface area (Å²) in [6, 6.07) is 1.76. The Morgan fingerprint density at radius 2 is 2.21 bits per heavy atom. The molecule has 1 rings (SSSR count). The van der Waals surface area contributed by atoms with E-state index in [1.54, 1.807) is 31.5 Å². The summed E-state index contributed by atoms with van der Waals surface area (Å²) in [5.41, 5.74) is 0. The molecule has 0 aromatic carbocycles. The van der Waals surface area contributed by atoms with Crippen molar-refractivity contribution in [3.63, 3.8) is 0 Å². The molecule has 104 valence electrons. The maximum absolute atomic E-state index is 11.6. The van der Waals surface area contributed by atoms with Gasteiger partial charge in [0.1, 0.15) is 6.10 Å². The van der Waals surface area contributed by atoms with Crippen LogP contribution in [-0.2, 0) is 9.53 Å². The van der Waals surface area contributed by atoms with Crippen LogP contribution in [0.5, 0.6) is 0 Å². The monoisotopic (exact) mass is 264 g/mol. The summed E-state index contributed by atoms with van der Waals surface area (Å²) in [7, 11) is 0. The van der Waals surface area contributed by atoms with E-state index in [0.717, 1.165) is 6.42 Å². The van der Waals surface area contributed by atoms with E-state index in [1.165, 1.54) is 0 Å². The highest BCUT2D eigenvalue weighted by Crippen LogP contribution is 1.94. The van der Waals surface area contributed by atoms with Crippen LogP contribution in [0.2, 0.25) is 0 Å². The molecule has 1 aromatic rings. The molecule has 2 N–H and O–H groups in total. The summed E-state index contributed by atoms with van der Waals surface area (Å²) in [6.45, 7) is 6.91. The summed E-state index contributed by atoms with van der Waals surface area (Å²) in [6.07, 6.45) is 5.31. The van der Waals surface area contributed by atoms with Gasteiger partial charge in [-0.2, -0.15) is 0 Å². The lowest BCUT2D eigenvalue weighted by atomic mass is 10.3. The van der Waals surface area contributed by atoms with Crippen molar-refractivity contribution >= 4 is 11.9 Å². The standard InChI is InChI=1S/C13H20N4O2/c1-3-10-19-11(2)12(18)14-6-4-7-15-13-16-8-5-9-17-13/h3,5,8-9,11H,1,4,6-7,10H2,2H3,(H,14,18)(H,15,16,17). The minimum Gasteiger partial charge on any atom is -0.365 e. The van der Waals surface area contributed by atoms with Gasteiger partial charge in [-0.05, 0) is 19.4 Å². The molecule has 1 aromatic heterocycles. The number of carbonyl (C=O) groups excluding carboxylic acids is 1. The molecule has 0 aliphatic carbocycles. The minimum absolute atomic E-state index is 0.113. The number of amides is 1. The fraction of sp³-hybridized carbons (Fsp3) is 0.462. The largest absolute Gasteiger partial charge is 0.365 e. The van der Waals surface area contributed by atoms with Crippen molar-refractivity contribution in [2.24, 2.45) is 0 Å². The third kappa shape index (κ3) is 6.52. The highest BCUT2D eigenvalue weighted by atomic mass is 16.5. The number of hydrogen-bond donors (Lipinski definition) is 2. The highest BCUT2D eigenvalue weighted by molar-refractivity contribution is 5.80. The van der Waals surface area contributed by atoms with E-state index in [2.05, 4.69) is 27.2 Å². The summed E-state index contributed by atoms with van der Waals surface area (Å²) in [4.78, 5) is 19.6. The quantitative estimate of drug-likeness (QED) is 0.514. The summed E-state index contributed by atoms with van der Waals surface area (Å²) in [5.74, 6) is 0.481. The minimum atomic E-state index is -0.455. The molecule has 6 heteroatoms. The van der Waals surface area contributed by atoms with E-state index in [0.29, 0.717) is 25.6 Å². The lowest BCUT2D eigenvalue weighted by Gasteiger charge is -2.12. The number of carbonyl (C=O) groups is 1. The molecule has 1 unspecified atom stereocenters. The molecule has 0 saturated heterocycles. The first kappa shape index (κ1) is 15.1. The molecule has 0 aliphatic heterocycles. The number of hydrogen-bond acceptors (Lipinski definition) is 5. The predicted molar refractivity (Wildman–Crippen MR) is 73.8 cm³/mol. The normalized spacial score (nSPS) is 11.6. The van der Waals surface area contributed by atoms with Crippen molar-refractivity contribution in [2.75, 3.05) is 25.0 Å². The van der Waals surface area contributed by atoms with Gasteiger partial charge in [-0.3, -0.25) is 4.79 Å². The van der Waals surface area contributed by atoms with E-state index in [1.807, 2.05) is 0 Å². The van der Waals surface area contributed by atoms with Crippen molar-refractivity contribution in [1.82, 2.24) is 15.3 Å². The van der Waals surface area contributed by atoms with Gasteiger partial charge in [0.25, 0.3) is 0 Å². The predicted octanol–water partition coefficient (Wildman–Crippen LogP) is 0.986. The van der Waals surface area contributed by atoms with E-state index < -0.39 is 6.10 Å². The molecule has 0 radical (unpaired) electrons. The van der Waals surface area contributed by atoms with Crippen molar-refractivity contribution in [3.8, 4) is 0 Å². The van der Waals surface area contributed by atoms with Crippen LogP contribution >= 0.6 is 0 Å². The summed E-state index contributed by atoms with van der Waals surface area (Å²) in [5, 5.41) is 5.86. The zero-order valence-corrected chi connectivity index (χ0v) is 11.1. The van der Waals surface area contributed by atoms with Crippen LogP contribution in [0.15, 0.2) is 31.1 Å². The van der Waals surface area contributed by atoms with Crippen molar-refractivity contribution < 1.29 is 9.53 Å². The van der Waals surface area contributed by atoms with Gasteiger partial charge in [0.2, 0.25) is 11.9 Å².